The molecule has 0 spiro atoms. The molecule has 0 atom stereocenters. The van der Waals surface area contributed by atoms with Crippen LogP contribution in [0.25, 0.3) is 0 Å². The van der Waals surface area contributed by atoms with Gasteiger partial charge in [-0.2, -0.15) is 0 Å². The quantitative estimate of drug-likeness (QED) is 0.155. The molecule has 0 bridgehead atoms. The molecule has 0 saturated carbocycles. The molecule has 0 aliphatic rings. The second-order valence-corrected chi connectivity index (χ2v) is 13.5. The normalized spacial score (nSPS) is 10.5. The summed E-state index contributed by atoms with van der Waals surface area (Å²) in [6, 6.07) is 0. The summed E-state index contributed by atoms with van der Waals surface area (Å²) in [6.07, 6.45) is 0. The van der Waals surface area contributed by atoms with Crippen LogP contribution < -0.4 is 4.74 Å². The summed E-state index contributed by atoms with van der Waals surface area (Å²) in [4.78, 5) is 0. The smallest absolute Gasteiger partial charge is 0.492 e. The molecular formula is C8H4AlCl2I5O. The Bertz CT molecular complexity index is 400. The van der Waals surface area contributed by atoms with Crippen LogP contribution >= 0.6 is 133 Å². The predicted molar refractivity (Wildman–Crippen MR) is 118 cm³/mol. The first kappa shape index (κ1) is 18.8. The van der Waals surface area contributed by atoms with E-state index in [0.717, 1.165) is 11.0 Å². The molecule has 1 aromatic rings. The topological polar surface area (TPSA) is 9.23 Å². The second kappa shape index (κ2) is 9.04. The zero-order valence-corrected chi connectivity index (χ0v) is 21.5. The van der Waals surface area contributed by atoms with Gasteiger partial charge >= 0.3 is 12.3 Å². The lowest BCUT2D eigenvalue weighted by Gasteiger charge is -2.14. The lowest BCUT2D eigenvalue weighted by molar-refractivity contribution is 0.334. The van der Waals surface area contributed by atoms with E-state index in [0.29, 0.717) is 6.61 Å². The van der Waals surface area contributed by atoms with Crippen LogP contribution in [0.4, 0.5) is 0 Å². The molecule has 0 aliphatic carbocycles. The van der Waals surface area contributed by atoms with Crippen molar-refractivity contribution in [3.05, 3.63) is 17.9 Å². The SMILES string of the molecule is [Cl][Al]([Cl])[CH2]COc1c(I)c(I)c(I)c(I)c1I. The molecule has 0 aliphatic heterocycles. The Balaban J connectivity index is 2.99. The Hall–Kier alpha value is 3.78. The van der Waals surface area contributed by atoms with Crippen LogP contribution in [0, 0.1) is 17.9 Å². The van der Waals surface area contributed by atoms with Crippen molar-refractivity contribution in [1.29, 1.82) is 0 Å². The number of benzene rings is 1. The van der Waals surface area contributed by atoms with Crippen molar-refractivity contribution in [1.82, 2.24) is 0 Å². The molecule has 17 heavy (non-hydrogen) atoms. The fourth-order valence-electron chi connectivity index (χ4n) is 0.962. The van der Waals surface area contributed by atoms with Crippen LogP contribution in [0.5, 0.6) is 5.75 Å². The van der Waals surface area contributed by atoms with Gasteiger partial charge in [-0.15, -0.1) is 0 Å². The molecule has 1 aromatic carbocycles. The predicted octanol–water partition coefficient (Wildman–Crippen LogP) is 6.05. The lowest BCUT2D eigenvalue weighted by Crippen LogP contribution is -2.08. The van der Waals surface area contributed by atoms with E-state index < -0.39 is 12.3 Å². The summed E-state index contributed by atoms with van der Waals surface area (Å²) < 4.78 is 11.9. The average Bonchev–Trinajstić information content (AvgIpc) is 2.28. The van der Waals surface area contributed by atoms with Gasteiger partial charge in [-0.05, 0) is 118 Å². The third-order valence-corrected chi connectivity index (χ3v) is 13.2. The van der Waals surface area contributed by atoms with Crippen molar-refractivity contribution in [2.45, 2.75) is 5.28 Å². The van der Waals surface area contributed by atoms with Crippen molar-refractivity contribution >= 4 is 145 Å². The minimum absolute atomic E-state index is 0.600. The number of rotatable bonds is 4. The molecule has 0 aromatic heterocycles. The van der Waals surface area contributed by atoms with E-state index >= 15 is 0 Å². The van der Waals surface area contributed by atoms with E-state index in [2.05, 4.69) is 113 Å². The fraction of sp³-hybridized carbons (Fsp3) is 0.250. The summed E-state index contributed by atoms with van der Waals surface area (Å²) in [6.45, 7) is 0.600. The summed E-state index contributed by atoms with van der Waals surface area (Å²) >= 11 is 10.2. The van der Waals surface area contributed by atoms with Gasteiger partial charge in [0.2, 0.25) is 0 Å². The van der Waals surface area contributed by atoms with Gasteiger partial charge in [0, 0.05) is 10.7 Å². The Morgan fingerprint density at radius 2 is 1.24 bits per heavy atom. The monoisotopic (exact) mass is 847 g/mol. The molecule has 0 radical (unpaired) electrons. The molecular weight excluding hydrogens is 844 g/mol. The van der Waals surface area contributed by atoms with Crippen molar-refractivity contribution < 1.29 is 4.74 Å². The fourth-order valence-corrected chi connectivity index (χ4v) is 6.82. The van der Waals surface area contributed by atoms with E-state index in [4.69, 9.17) is 24.8 Å². The molecule has 0 saturated heterocycles. The van der Waals surface area contributed by atoms with Crippen molar-refractivity contribution in [2.24, 2.45) is 0 Å². The van der Waals surface area contributed by atoms with Crippen LogP contribution in [-0.4, -0.2) is 18.9 Å². The Morgan fingerprint density at radius 1 is 0.824 bits per heavy atom. The first-order valence-electron chi connectivity index (χ1n) is 4.28. The minimum atomic E-state index is -1.57. The number of hydrogen-bond donors (Lipinski definition) is 0. The van der Waals surface area contributed by atoms with Crippen LogP contribution in [0.15, 0.2) is 0 Å². The summed E-state index contributed by atoms with van der Waals surface area (Å²) in [5, 5.41) is 0.772. The van der Waals surface area contributed by atoms with E-state index in [-0.39, 0.29) is 0 Å². The highest BCUT2D eigenvalue weighted by Gasteiger charge is 2.19. The highest BCUT2D eigenvalue weighted by molar-refractivity contribution is 14.1. The van der Waals surface area contributed by atoms with E-state index in [1.807, 2.05) is 0 Å². The third-order valence-electron chi connectivity index (χ3n) is 1.75. The highest BCUT2D eigenvalue weighted by Crippen LogP contribution is 2.38. The van der Waals surface area contributed by atoms with Gasteiger partial charge in [0.05, 0.1) is 13.7 Å². The van der Waals surface area contributed by atoms with Gasteiger partial charge in [0.25, 0.3) is 0 Å². The summed E-state index contributed by atoms with van der Waals surface area (Å²) in [5.41, 5.74) is 0. The minimum Gasteiger partial charge on any atom is -0.492 e. The number of ether oxygens (including phenoxy) is 1. The van der Waals surface area contributed by atoms with Crippen molar-refractivity contribution in [3.8, 4) is 5.75 Å². The molecule has 1 rings (SSSR count). The van der Waals surface area contributed by atoms with Gasteiger partial charge in [0.1, 0.15) is 5.75 Å². The molecule has 0 unspecified atom stereocenters. The molecule has 94 valence electrons. The molecule has 0 fully saturated rings. The van der Waals surface area contributed by atoms with Crippen LogP contribution in [-0.2, 0) is 0 Å². The second-order valence-electron chi connectivity index (χ2n) is 2.93. The average molecular weight is 849 g/mol. The molecule has 0 amide bonds. The molecule has 9 heteroatoms. The van der Waals surface area contributed by atoms with Crippen molar-refractivity contribution in [2.75, 3.05) is 6.61 Å². The Morgan fingerprint density at radius 3 is 1.65 bits per heavy atom. The number of halogens is 7. The largest absolute Gasteiger partial charge is 0.522 e. The van der Waals surface area contributed by atoms with Gasteiger partial charge in [0.15, 0.2) is 0 Å². The summed E-state index contributed by atoms with van der Waals surface area (Å²) in [7, 11) is 11.7. The van der Waals surface area contributed by atoms with Gasteiger partial charge in [-0.3, -0.25) is 0 Å². The standard InChI is InChI=1S/C8H4I5O.Al.2ClH/c1-2-14-8-6(12)4(10)3(9)5(11)7(8)13;;;/h1-2H2;;2*1H/q;+2;;/p-2. The van der Waals surface area contributed by atoms with E-state index in [9.17, 15) is 0 Å². The van der Waals surface area contributed by atoms with E-state index in [1.165, 1.54) is 17.9 Å². The van der Waals surface area contributed by atoms with Crippen LogP contribution in [0.2, 0.25) is 5.28 Å². The molecule has 0 N–H and O–H groups in total. The van der Waals surface area contributed by atoms with Crippen molar-refractivity contribution in [3.63, 3.8) is 0 Å². The molecule has 0 heterocycles. The third kappa shape index (κ3) is 5.48. The highest BCUT2D eigenvalue weighted by atomic mass is 127. The van der Waals surface area contributed by atoms with Crippen LogP contribution in [0.1, 0.15) is 0 Å². The Labute approximate surface area is 181 Å². The maximum Gasteiger partial charge on any atom is 0.522 e. The van der Waals surface area contributed by atoms with Gasteiger partial charge in [-0.1, -0.05) is 0 Å². The van der Waals surface area contributed by atoms with Gasteiger partial charge in [-0.25, -0.2) is 20.1 Å². The van der Waals surface area contributed by atoms with Crippen LogP contribution in [0.3, 0.4) is 0 Å². The molecule has 1 nitrogen and oxygen atoms in total. The lowest BCUT2D eigenvalue weighted by atomic mass is 10.3. The zero-order valence-electron chi connectivity index (χ0n) is 8.05. The van der Waals surface area contributed by atoms with E-state index in [1.54, 1.807) is 0 Å². The maximum absolute atomic E-state index is 5.83. The summed E-state index contributed by atoms with van der Waals surface area (Å²) in [5.74, 6) is 0.961. The zero-order chi connectivity index (χ0) is 13.2. The first-order valence-corrected chi connectivity index (χ1v) is 14.0. The number of hydrogen-bond acceptors (Lipinski definition) is 1. The van der Waals surface area contributed by atoms with Gasteiger partial charge < -0.3 is 4.74 Å². The maximum atomic E-state index is 5.83. The first-order chi connectivity index (χ1) is 7.86. The Kier molecular flexibility index (Phi) is 10.0.